The average molecular weight is 250 g/mol. The highest BCUT2D eigenvalue weighted by molar-refractivity contribution is 4.56. The molecule has 0 atom stereocenters. The van der Waals surface area contributed by atoms with Crippen molar-refractivity contribution >= 4 is 0 Å². The average Bonchev–Trinajstić information content (AvgIpc) is 2.31. The third kappa shape index (κ3) is 18.3. The predicted molar refractivity (Wildman–Crippen MR) is 73.2 cm³/mol. The Balaban J connectivity index is 0. The molecule has 0 heterocycles. The zero-order valence-electron chi connectivity index (χ0n) is 10.7. The van der Waals surface area contributed by atoms with E-state index in [0.717, 1.165) is 52.4 Å². The van der Waals surface area contributed by atoms with E-state index < -0.39 is 0 Å². The SMILES string of the molecule is NCCNCCNCCNCCNCCN.O. The first-order valence-corrected chi connectivity index (χ1v) is 6.14. The van der Waals surface area contributed by atoms with Gasteiger partial charge in [-0.05, 0) is 0 Å². The maximum Gasteiger partial charge on any atom is 0.00772 e. The van der Waals surface area contributed by atoms with Gasteiger partial charge < -0.3 is 38.2 Å². The lowest BCUT2D eigenvalue weighted by molar-refractivity contribution is 0.569. The Bertz CT molecular complexity index is 113. The molecule has 0 aromatic heterocycles. The van der Waals surface area contributed by atoms with Crippen molar-refractivity contribution in [1.82, 2.24) is 21.3 Å². The zero-order valence-corrected chi connectivity index (χ0v) is 10.7. The summed E-state index contributed by atoms with van der Waals surface area (Å²) in [6, 6.07) is 0. The van der Waals surface area contributed by atoms with Crippen LogP contribution >= 0.6 is 0 Å². The van der Waals surface area contributed by atoms with E-state index in [1.54, 1.807) is 0 Å². The Labute approximate surface area is 104 Å². The molecule has 0 aromatic carbocycles. The third-order valence-corrected chi connectivity index (χ3v) is 2.08. The second kappa shape index (κ2) is 18.1. The lowest BCUT2D eigenvalue weighted by Gasteiger charge is -2.07. The highest BCUT2D eigenvalue weighted by Gasteiger charge is 1.88. The molecule has 0 aromatic rings. The summed E-state index contributed by atoms with van der Waals surface area (Å²) in [7, 11) is 0. The van der Waals surface area contributed by atoms with Gasteiger partial charge in [0.15, 0.2) is 0 Å². The Hall–Kier alpha value is -0.280. The van der Waals surface area contributed by atoms with E-state index >= 15 is 0 Å². The molecule has 10 N–H and O–H groups in total. The van der Waals surface area contributed by atoms with Crippen molar-refractivity contribution in [2.24, 2.45) is 11.5 Å². The van der Waals surface area contributed by atoms with Crippen LogP contribution in [0.15, 0.2) is 0 Å². The van der Waals surface area contributed by atoms with E-state index in [9.17, 15) is 0 Å². The van der Waals surface area contributed by atoms with Gasteiger partial charge >= 0.3 is 0 Å². The molecule has 0 rings (SSSR count). The predicted octanol–water partition coefficient (Wildman–Crippen LogP) is -3.56. The minimum Gasteiger partial charge on any atom is -0.412 e. The molecule has 106 valence electrons. The van der Waals surface area contributed by atoms with E-state index in [1.165, 1.54) is 0 Å². The molecule has 0 amide bonds. The van der Waals surface area contributed by atoms with Gasteiger partial charge in [0.25, 0.3) is 0 Å². The van der Waals surface area contributed by atoms with Crippen molar-refractivity contribution in [3.05, 3.63) is 0 Å². The molecule has 0 aliphatic rings. The Kier molecular flexibility index (Phi) is 20.3. The molecular formula is C10H30N6O. The van der Waals surface area contributed by atoms with Crippen LogP contribution in [0.3, 0.4) is 0 Å². The van der Waals surface area contributed by atoms with Gasteiger partial charge in [0.1, 0.15) is 0 Å². The fraction of sp³-hybridized carbons (Fsp3) is 1.00. The summed E-state index contributed by atoms with van der Waals surface area (Å²) in [6.45, 7) is 9.15. The van der Waals surface area contributed by atoms with Crippen LogP contribution in [0, 0.1) is 0 Å². The van der Waals surface area contributed by atoms with Crippen molar-refractivity contribution in [2.45, 2.75) is 0 Å². The first-order chi connectivity index (χ1) is 7.91. The number of hydrogen-bond acceptors (Lipinski definition) is 6. The van der Waals surface area contributed by atoms with Crippen LogP contribution in [-0.2, 0) is 0 Å². The molecule has 0 saturated heterocycles. The molecule has 0 bridgehead atoms. The second-order valence-electron chi connectivity index (χ2n) is 3.58. The van der Waals surface area contributed by atoms with Crippen LogP contribution in [-0.4, -0.2) is 70.9 Å². The molecule has 17 heavy (non-hydrogen) atoms. The summed E-state index contributed by atoms with van der Waals surface area (Å²) >= 11 is 0. The van der Waals surface area contributed by atoms with E-state index in [2.05, 4.69) is 21.3 Å². The highest BCUT2D eigenvalue weighted by atomic mass is 16.0. The van der Waals surface area contributed by atoms with E-state index in [4.69, 9.17) is 11.5 Å². The Morgan fingerprint density at radius 1 is 0.471 bits per heavy atom. The van der Waals surface area contributed by atoms with Crippen LogP contribution in [0.5, 0.6) is 0 Å². The minimum absolute atomic E-state index is 0. The zero-order chi connectivity index (χ0) is 11.9. The maximum absolute atomic E-state index is 5.35. The molecule has 0 spiro atoms. The molecule has 0 aliphatic heterocycles. The molecule has 0 aliphatic carbocycles. The summed E-state index contributed by atoms with van der Waals surface area (Å²) in [5.41, 5.74) is 10.7. The monoisotopic (exact) mass is 250 g/mol. The maximum atomic E-state index is 5.35. The molecule has 7 heteroatoms. The summed E-state index contributed by atoms with van der Waals surface area (Å²) in [5.74, 6) is 0. The van der Waals surface area contributed by atoms with Crippen molar-refractivity contribution in [3.63, 3.8) is 0 Å². The number of nitrogens with two attached hydrogens (primary N) is 2. The summed E-state index contributed by atoms with van der Waals surface area (Å²) in [5, 5.41) is 13.1. The Morgan fingerprint density at radius 2 is 0.706 bits per heavy atom. The van der Waals surface area contributed by atoms with Crippen LogP contribution in [0.1, 0.15) is 0 Å². The van der Waals surface area contributed by atoms with Gasteiger partial charge in [-0.15, -0.1) is 0 Å². The largest absolute Gasteiger partial charge is 0.412 e. The van der Waals surface area contributed by atoms with Gasteiger partial charge in [-0.3, -0.25) is 0 Å². The number of rotatable bonds is 13. The van der Waals surface area contributed by atoms with Gasteiger partial charge in [-0.1, -0.05) is 0 Å². The molecule has 0 saturated carbocycles. The second-order valence-corrected chi connectivity index (χ2v) is 3.58. The fourth-order valence-electron chi connectivity index (χ4n) is 1.23. The van der Waals surface area contributed by atoms with Crippen molar-refractivity contribution in [3.8, 4) is 0 Å². The lowest BCUT2D eigenvalue weighted by Crippen LogP contribution is -2.36. The van der Waals surface area contributed by atoms with E-state index in [1.807, 2.05) is 0 Å². The minimum atomic E-state index is 0. The molecule has 0 fully saturated rings. The van der Waals surface area contributed by atoms with Crippen LogP contribution < -0.4 is 32.7 Å². The van der Waals surface area contributed by atoms with Gasteiger partial charge in [-0.25, -0.2) is 0 Å². The van der Waals surface area contributed by atoms with Gasteiger partial charge in [0, 0.05) is 65.4 Å². The van der Waals surface area contributed by atoms with Crippen molar-refractivity contribution in [1.29, 1.82) is 0 Å². The Morgan fingerprint density at radius 3 is 0.941 bits per heavy atom. The van der Waals surface area contributed by atoms with Crippen molar-refractivity contribution in [2.75, 3.05) is 65.4 Å². The summed E-state index contributed by atoms with van der Waals surface area (Å²) < 4.78 is 0. The quantitative estimate of drug-likeness (QED) is 0.187. The normalized spacial score (nSPS) is 10.2. The van der Waals surface area contributed by atoms with Crippen LogP contribution in [0.4, 0.5) is 0 Å². The van der Waals surface area contributed by atoms with E-state index in [0.29, 0.717) is 13.1 Å². The van der Waals surface area contributed by atoms with Crippen LogP contribution in [0.25, 0.3) is 0 Å². The first kappa shape index (κ1) is 19.1. The number of hydrogen-bond donors (Lipinski definition) is 6. The smallest absolute Gasteiger partial charge is 0.00772 e. The summed E-state index contributed by atoms with van der Waals surface area (Å²) in [4.78, 5) is 0. The summed E-state index contributed by atoms with van der Waals surface area (Å²) in [6.07, 6.45) is 0. The number of nitrogens with one attached hydrogen (secondary N) is 4. The van der Waals surface area contributed by atoms with Gasteiger partial charge in [-0.2, -0.15) is 0 Å². The van der Waals surface area contributed by atoms with Crippen molar-refractivity contribution < 1.29 is 5.48 Å². The van der Waals surface area contributed by atoms with Gasteiger partial charge in [0.05, 0.1) is 0 Å². The lowest BCUT2D eigenvalue weighted by atomic mass is 10.5. The topological polar surface area (TPSA) is 132 Å². The third-order valence-electron chi connectivity index (χ3n) is 2.08. The van der Waals surface area contributed by atoms with Gasteiger partial charge in [0.2, 0.25) is 0 Å². The molecule has 7 nitrogen and oxygen atoms in total. The highest BCUT2D eigenvalue weighted by Crippen LogP contribution is 1.62. The molecule has 0 unspecified atom stereocenters. The fourth-order valence-corrected chi connectivity index (χ4v) is 1.23. The standard InChI is InChI=1S/C10H28N6.H2O/c11-1-3-13-5-7-15-9-10-16-8-6-14-4-2-12;/h13-16H,1-12H2;1H2. The first-order valence-electron chi connectivity index (χ1n) is 6.14. The molecular weight excluding hydrogens is 220 g/mol. The van der Waals surface area contributed by atoms with Crippen LogP contribution in [0.2, 0.25) is 0 Å². The van der Waals surface area contributed by atoms with E-state index in [-0.39, 0.29) is 5.48 Å². The molecule has 0 radical (unpaired) electrons.